The molecule has 4 rings (SSSR count). The van der Waals surface area contributed by atoms with E-state index in [9.17, 15) is 9.90 Å². The van der Waals surface area contributed by atoms with Crippen molar-refractivity contribution in [1.82, 2.24) is 20.3 Å². The van der Waals surface area contributed by atoms with Crippen molar-refractivity contribution in [2.24, 2.45) is 0 Å². The maximum atomic E-state index is 12.9. The zero-order valence-electron chi connectivity index (χ0n) is 16.2. The van der Waals surface area contributed by atoms with Gasteiger partial charge in [-0.05, 0) is 31.0 Å². The Bertz CT molecular complexity index is 983. The van der Waals surface area contributed by atoms with Crippen LogP contribution >= 0.6 is 0 Å². The summed E-state index contributed by atoms with van der Waals surface area (Å²) in [5.74, 6) is 0.518. The first-order valence-electron chi connectivity index (χ1n) is 9.58. The third-order valence-electron chi connectivity index (χ3n) is 5.40. The predicted molar refractivity (Wildman–Crippen MR) is 109 cm³/mol. The lowest BCUT2D eigenvalue weighted by Crippen LogP contribution is -2.62. The highest BCUT2D eigenvalue weighted by Crippen LogP contribution is 2.35. The van der Waals surface area contributed by atoms with Crippen LogP contribution in [-0.2, 0) is 5.54 Å². The van der Waals surface area contributed by atoms with E-state index in [-0.39, 0.29) is 5.91 Å². The van der Waals surface area contributed by atoms with Crippen LogP contribution in [0, 0.1) is 6.92 Å². The fraction of sp³-hybridized carbons (Fsp3) is 0.273. The van der Waals surface area contributed by atoms with Crippen LogP contribution in [0.25, 0.3) is 0 Å². The van der Waals surface area contributed by atoms with Crippen LogP contribution < -0.4 is 10.2 Å². The molecule has 0 unspecified atom stereocenters. The highest BCUT2D eigenvalue weighted by atomic mass is 16.3. The molecule has 2 atom stereocenters. The fourth-order valence-corrected chi connectivity index (χ4v) is 3.82. The molecule has 7 heteroatoms. The first-order valence-corrected chi connectivity index (χ1v) is 9.58. The van der Waals surface area contributed by atoms with Crippen LogP contribution in [-0.4, -0.2) is 45.2 Å². The number of carbonyl (C=O) groups is 1. The van der Waals surface area contributed by atoms with Crippen molar-refractivity contribution in [3.8, 4) is 0 Å². The van der Waals surface area contributed by atoms with Gasteiger partial charge in [0.05, 0.1) is 17.2 Å². The van der Waals surface area contributed by atoms with Crippen LogP contribution in [0.2, 0.25) is 0 Å². The number of nitrogens with one attached hydrogen (secondary N) is 1. The highest BCUT2D eigenvalue weighted by molar-refractivity contribution is 5.94. The maximum Gasteiger partial charge on any atom is 0.253 e. The molecule has 1 aliphatic rings. The number of aliphatic hydroxyl groups excluding tert-OH is 1. The van der Waals surface area contributed by atoms with E-state index in [1.54, 1.807) is 18.3 Å². The minimum absolute atomic E-state index is 0.257. The van der Waals surface area contributed by atoms with Crippen molar-refractivity contribution in [1.29, 1.82) is 0 Å². The van der Waals surface area contributed by atoms with Gasteiger partial charge in [0.15, 0.2) is 0 Å². The first-order chi connectivity index (χ1) is 14.1. The van der Waals surface area contributed by atoms with Gasteiger partial charge in [-0.15, -0.1) is 0 Å². The molecule has 29 heavy (non-hydrogen) atoms. The van der Waals surface area contributed by atoms with E-state index in [1.807, 2.05) is 48.2 Å². The molecule has 7 nitrogen and oxygen atoms in total. The number of nitrogens with zero attached hydrogens (tertiary/aromatic N) is 4. The number of amides is 1. The predicted octanol–water partition coefficient (Wildman–Crippen LogP) is 2.08. The molecule has 1 fully saturated rings. The van der Waals surface area contributed by atoms with Gasteiger partial charge in [-0.2, -0.15) is 0 Å². The van der Waals surface area contributed by atoms with E-state index in [0.29, 0.717) is 25.1 Å². The zero-order valence-corrected chi connectivity index (χ0v) is 16.2. The Hall–Kier alpha value is -3.32. The number of benzene rings is 1. The minimum Gasteiger partial charge on any atom is -0.388 e. The van der Waals surface area contributed by atoms with Crippen LogP contribution in [0.5, 0.6) is 0 Å². The summed E-state index contributed by atoms with van der Waals surface area (Å²) in [6, 6.07) is 15.0. The van der Waals surface area contributed by atoms with Gasteiger partial charge in [0.1, 0.15) is 12.1 Å². The van der Waals surface area contributed by atoms with Gasteiger partial charge >= 0.3 is 0 Å². The number of piperidine rings is 1. The standard InChI is InChI=1S/C22H23N5O2/c1-16-12-20(25-15-24-16)27-11-9-22(19(28)14-27,18-7-3-2-4-8-18)26-21(29)17-6-5-10-23-13-17/h2-8,10,12-13,15,19,28H,9,11,14H2,1H3,(H,26,29)/t19-,22-/m1/s1. The number of β-amino-alcohol motifs (C(OH)–C–C–N with tert-alkyl or cyclic N) is 1. The van der Waals surface area contributed by atoms with Crippen LogP contribution in [0.15, 0.2) is 67.3 Å². The van der Waals surface area contributed by atoms with Crippen molar-refractivity contribution in [2.45, 2.75) is 25.0 Å². The lowest BCUT2D eigenvalue weighted by molar-refractivity contribution is 0.0364. The molecular formula is C22H23N5O2. The summed E-state index contributed by atoms with van der Waals surface area (Å²) in [6.45, 7) is 2.89. The molecule has 0 aliphatic carbocycles. The first kappa shape index (κ1) is 19.0. The Kier molecular flexibility index (Phi) is 5.22. The van der Waals surface area contributed by atoms with Gasteiger partial charge in [-0.3, -0.25) is 9.78 Å². The normalized spacial score (nSPS) is 21.6. The average molecular weight is 389 g/mol. The van der Waals surface area contributed by atoms with Crippen molar-refractivity contribution >= 4 is 11.7 Å². The second-order valence-corrected chi connectivity index (χ2v) is 7.26. The molecule has 0 spiro atoms. The molecule has 2 N–H and O–H groups in total. The molecule has 0 saturated carbocycles. The average Bonchev–Trinajstić information content (AvgIpc) is 2.76. The van der Waals surface area contributed by atoms with Crippen LogP contribution in [0.4, 0.5) is 5.82 Å². The number of aliphatic hydroxyl groups is 1. The molecule has 3 aromatic rings. The van der Waals surface area contributed by atoms with Gasteiger partial charge in [-0.1, -0.05) is 30.3 Å². The third kappa shape index (κ3) is 3.82. The number of pyridine rings is 1. The van der Waals surface area contributed by atoms with Crippen LogP contribution in [0.1, 0.15) is 28.0 Å². The molecule has 3 heterocycles. The molecule has 1 aromatic carbocycles. The summed E-state index contributed by atoms with van der Waals surface area (Å²) >= 11 is 0. The molecule has 1 amide bonds. The quantitative estimate of drug-likeness (QED) is 0.710. The Labute approximate surface area is 169 Å². The zero-order chi connectivity index (χ0) is 20.3. The molecule has 1 aliphatic heterocycles. The van der Waals surface area contributed by atoms with E-state index in [4.69, 9.17) is 0 Å². The fourth-order valence-electron chi connectivity index (χ4n) is 3.82. The third-order valence-corrected chi connectivity index (χ3v) is 5.40. The molecule has 148 valence electrons. The van der Waals surface area contributed by atoms with E-state index < -0.39 is 11.6 Å². The summed E-state index contributed by atoms with van der Waals surface area (Å²) < 4.78 is 0. The smallest absolute Gasteiger partial charge is 0.253 e. The topological polar surface area (TPSA) is 91.2 Å². The number of hydrogen-bond acceptors (Lipinski definition) is 6. The summed E-state index contributed by atoms with van der Waals surface area (Å²) in [7, 11) is 0. The van der Waals surface area contributed by atoms with Gasteiger partial charge in [0.2, 0.25) is 0 Å². The Morgan fingerprint density at radius 2 is 2.03 bits per heavy atom. The molecule has 1 saturated heterocycles. The molecule has 0 radical (unpaired) electrons. The lowest BCUT2D eigenvalue weighted by atomic mass is 9.78. The van der Waals surface area contributed by atoms with Gasteiger partial charge in [0.25, 0.3) is 5.91 Å². The summed E-state index contributed by atoms with van der Waals surface area (Å²) in [4.78, 5) is 27.5. The minimum atomic E-state index is -0.896. The van der Waals surface area contributed by atoms with E-state index >= 15 is 0 Å². The second-order valence-electron chi connectivity index (χ2n) is 7.26. The lowest BCUT2D eigenvalue weighted by Gasteiger charge is -2.46. The SMILES string of the molecule is Cc1cc(N2CC[C@@](NC(=O)c3cccnc3)(c3ccccc3)[C@H](O)C2)ncn1. The molecule has 0 bridgehead atoms. The van der Waals surface area contributed by atoms with E-state index in [2.05, 4.69) is 20.3 Å². The Morgan fingerprint density at radius 3 is 2.72 bits per heavy atom. The monoisotopic (exact) mass is 389 g/mol. The Morgan fingerprint density at radius 1 is 1.21 bits per heavy atom. The number of aryl methyl sites for hydroxylation is 1. The summed E-state index contributed by atoms with van der Waals surface area (Å²) in [5, 5.41) is 14.4. The molecule has 2 aromatic heterocycles. The number of rotatable bonds is 4. The maximum absolute atomic E-state index is 12.9. The second kappa shape index (κ2) is 7.97. The van der Waals surface area contributed by atoms with E-state index in [0.717, 1.165) is 17.1 Å². The largest absolute Gasteiger partial charge is 0.388 e. The Balaban J connectivity index is 1.64. The van der Waals surface area contributed by atoms with Gasteiger partial charge < -0.3 is 15.3 Å². The van der Waals surface area contributed by atoms with Crippen molar-refractivity contribution in [3.63, 3.8) is 0 Å². The summed E-state index contributed by atoms with van der Waals surface area (Å²) in [6.07, 6.45) is 4.39. The number of carbonyl (C=O) groups excluding carboxylic acids is 1. The number of anilines is 1. The van der Waals surface area contributed by atoms with Crippen molar-refractivity contribution < 1.29 is 9.90 Å². The van der Waals surface area contributed by atoms with Gasteiger partial charge in [-0.25, -0.2) is 9.97 Å². The number of aromatic nitrogens is 3. The van der Waals surface area contributed by atoms with Gasteiger partial charge in [0, 0.05) is 37.2 Å². The summed E-state index contributed by atoms with van der Waals surface area (Å²) in [5.41, 5.74) is 1.31. The molecular weight excluding hydrogens is 366 g/mol. The number of hydrogen-bond donors (Lipinski definition) is 2. The highest BCUT2D eigenvalue weighted by Gasteiger charge is 2.45. The van der Waals surface area contributed by atoms with Crippen molar-refractivity contribution in [2.75, 3.05) is 18.0 Å². The van der Waals surface area contributed by atoms with Crippen molar-refractivity contribution in [3.05, 3.63) is 84.1 Å². The van der Waals surface area contributed by atoms with E-state index in [1.165, 1.54) is 12.5 Å². The van der Waals surface area contributed by atoms with Crippen LogP contribution in [0.3, 0.4) is 0 Å².